The number of carbonyl (C=O) groups excluding carboxylic acids is 1. The van der Waals surface area contributed by atoms with Crippen LogP contribution < -0.4 is 5.32 Å². The van der Waals surface area contributed by atoms with Crippen molar-refractivity contribution < 1.29 is 22.1 Å². The molecule has 0 radical (unpaired) electrons. The fraction of sp³-hybridized carbons (Fsp3) is 0.357. The van der Waals surface area contributed by atoms with Crippen molar-refractivity contribution in [3.05, 3.63) is 82.5 Å². The van der Waals surface area contributed by atoms with Crippen molar-refractivity contribution in [2.24, 2.45) is 5.92 Å². The zero-order valence-corrected chi connectivity index (χ0v) is 21.5. The van der Waals surface area contributed by atoms with E-state index in [9.17, 15) is 17.6 Å². The molecule has 194 valence electrons. The third-order valence-electron chi connectivity index (χ3n) is 7.19. The summed E-state index contributed by atoms with van der Waals surface area (Å²) in [5.74, 6) is -0.963. The Morgan fingerprint density at radius 1 is 1.11 bits per heavy atom. The molecular formula is C28H30FN3O4S. The molecule has 1 fully saturated rings. The molecule has 1 saturated heterocycles. The SMILES string of the molecule is Cc1noc(C=Cc2ccccc2F)c1S(=O)(=O)N1CCCC(C(=O)NC2CCCc3ccccc32)C1. The van der Waals surface area contributed by atoms with E-state index in [-0.39, 0.29) is 34.8 Å². The molecule has 2 unspecified atom stereocenters. The Balaban J connectivity index is 1.33. The number of hydrogen-bond donors (Lipinski definition) is 1. The van der Waals surface area contributed by atoms with Gasteiger partial charge in [0, 0.05) is 18.7 Å². The van der Waals surface area contributed by atoms with E-state index in [0.717, 1.165) is 24.8 Å². The van der Waals surface area contributed by atoms with Crippen molar-refractivity contribution in [2.45, 2.75) is 50.0 Å². The number of aromatic nitrogens is 1. The number of carbonyl (C=O) groups is 1. The van der Waals surface area contributed by atoms with Crippen LogP contribution in [0.1, 0.15) is 59.9 Å². The number of fused-ring (bicyclic) bond motifs is 1. The maximum absolute atomic E-state index is 14.0. The van der Waals surface area contributed by atoms with Crippen LogP contribution in [-0.2, 0) is 21.2 Å². The number of aryl methyl sites for hydroxylation is 2. The van der Waals surface area contributed by atoms with Crippen molar-refractivity contribution in [3.8, 4) is 0 Å². The van der Waals surface area contributed by atoms with Gasteiger partial charge in [0.2, 0.25) is 15.9 Å². The molecular weight excluding hydrogens is 493 g/mol. The molecule has 1 aromatic heterocycles. The van der Waals surface area contributed by atoms with Crippen molar-refractivity contribution in [2.75, 3.05) is 13.1 Å². The Morgan fingerprint density at radius 3 is 2.73 bits per heavy atom. The van der Waals surface area contributed by atoms with Crippen LogP contribution in [0.5, 0.6) is 0 Å². The molecule has 7 nitrogen and oxygen atoms in total. The second-order valence-corrected chi connectivity index (χ2v) is 11.5. The normalized spacial score (nSPS) is 20.6. The minimum absolute atomic E-state index is 0.0335. The topological polar surface area (TPSA) is 92.5 Å². The highest BCUT2D eigenvalue weighted by molar-refractivity contribution is 7.89. The number of piperidine rings is 1. The van der Waals surface area contributed by atoms with Gasteiger partial charge in [-0.25, -0.2) is 12.8 Å². The summed E-state index contributed by atoms with van der Waals surface area (Å²) in [6.45, 7) is 1.95. The summed E-state index contributed by atoms with van der Waals surface area (Å²) in [6.07, 6.45) is 6.95. The number of halogens is 1. The first-order valence-corrected chi connectivity index (χ1v) is 14.1. The Morgan fingerprint density at radius 2 is 1.89 bits per heavy atom. The summed E-state index contributed by atoms with van der Waals surface area (Å²) in [6, 6.07) is 14.3. The summed E-state index contributed by atoms with van der Waals surface area (Å²) < 4.78 is 48.0. The van der Waals surface area contributed by atoms with Gasteiger partial charge in [0.1, 0.15) is 11.5 Å². The van der Waals surface area contributed by atoms with Gasteiger partial charge in [-0.05, 0) is 68.4 Å². The Labute approximate surface area is 216 Å². The average molecular weight is 524 g/mol. The summed E-state index contributed by atoms with van der Waals surface area (Å²) in [5, 5.41) is 7.04. The molecule has 2 heterocycles. The van der Waals surface area contributed by atoms with Gasteiger partial charge in [-0.15, -0.1) is 0 Å². The predicted molar refractivity (Wildman–Crippen MR) is 138 cm³/mol. The average Bonchev–Trinajstić information content (AvgIpc) is 3.29. The summed E-state index contributed by atoms with van der Waals surface area (Å²) in [4.78, 5) is 13.2. The van der Waals surface area contributed by atoms with Crippen molar-refractivity contribution in [1.82, 2.24) is 14.8 Å². The summed E-state index contributed by atoms with van der Waals surface area (Å²) >= 11 is 0. The number of amides is 1. The van der Waals surface area contributed by atoms with Gasteiger partial charge in [-0.1, -0.05) is 47.6 Å². The molecule has 1 N–H and O–H groups in total. The Bertz CT molecular complexity index is 1430. The van der Waals surface area contributed by atoms with E-state index in [4.69, 9.17) is 4.52 Å². The van der Waals surface area contributed by atoms with Gasteiger partial charge in [0.25, 0.3) is 0 Å². The molecule has 3 aromatic rings. The third-order valence-corrected chi connectivity index (χ3v) is 9.22. The van der Waals surface area contributed by atoms with Crippen LogP contribution in [-0.4, -0.2) is 36.9 Å². The lowest BCUT2D eigenvalue weighted by Crippen LogP contribution is -2.46. The molecule has 5 rings (SSSR count). The first kappa shape index (κ1) is 25.4. The first-order chi connectivity index (χ1) is 17.8. The zero-order valence-electron chi connectivity index (χ0n) is 20.7. The minimum atomic E-state index is -3.99. The van der Waals surface area contributed by atoms with Gasteiger partial charge in [0.15, 0.2) is 10.7 Å². The third kappa shape index (κ3) is 5.24. The number of benzene rings is 2. The number of hydrogen-bond acceptors (Lipinski definition) is 5. The molecule has 1 aliphatic carbocycles. The summed E-state index contributed by atoms with van der Waals surface area (Å²) in [7, 11) is -3.99. The monoisotopic (exact) mass is 523 g/mol. The van der Waals surface area contributed by atoms with E-state index < -0.39 is 21.8 Å². The zero-order chi connectivity index (χ0) is 26.0. The van der Waals surface area contributed by atoms with Gasteiger partial charge >= 0.3 is 0 Å². The largest absolute Gasteiger partial charge is 0.355 e. The van der Waals surface area contributed by atoms with Gasteiger partial charge in [0.05, 0.1) is 12.0 Å². The van der Waals surface area contributed by atoms with E-state index >= 15 is 0 Å². The second-order valence-electron chi connectivity index (χ2n) is 9.67. The van der Waals surface area contributed by atoms with Gasteiger partial charge < -0.3 is 9.84 Å². The van der Waals surface area contributed by atoms with Crippen molar-refractivity contribution >= 4 is 28.1 Å². The van der Waals surface area contributed by atoms with Crippen LogP contribution in [0, 0.1) is 18.7 Å². The first-order valence-electron chi connectivity index (χ1n) is 12.6. The number of nitrogens with zero attached hydrogens (tertiary/aromatic N) is 2. The molecule has 0 spiro atoms. The molecule has 1 amide bonds. The van der Waals surface area contributed by atoms with E-state index in [0.29, 0.717) is 24.9 Å². The molecule has 2 atom stereocenters. The quantitative estimate of drug-likeness (QED) is 0.497. The van der Waals surface area contributed by atoms with Crippen molar-refractivity contribution in [1.29, 1.82) is 0 Å². The van der Waals surface area contributed by atoms with E-state index in [1.54, 1.807) is 25.1 Å². The maximum Gasteiger partial charge on any atom is 0.248 e. The molecule has 0 saturated carbocycles. The van der Waals surface area contributed by atoms with Crippen molar-refractivity contribution in [3.63, 3.8) is 0 Å². The predicted octanol–water partition coefficient (Wildman–Crippen LogP) is 4.89. The molecule has 1 aliphatic heterocycles. The maximum atomic E-state index is 14.0. The molecule has 2 aromatic carbocycles. The lowest BCUT2D eigenvalue weighted by Gasteiger charge is -2.33. The highest BCUT2D eigenvalue weighted by Gasteiger charge is 2.37. The van der Waals surface area contributed by atoms with Crippen LogP contribution in [0.3, 0.4) is 0 Å². The van der Waals surface area contributed by atoms with E-state index in [2.05, 4.69) is 22.6 Å². The Hall–Kier alpha value is -3.30. The van der Waals surface area contributed by atoms with E-state index in [1.807, 2.05) is 12.1 Å². The number of sulfonamides is 1. The number of rotatable bonds is 6. The number of nitrogens with one attached hydrogen (secondary N) is 1. The molecule has 0 bridgehead atoms. The van der Waals surface area contributed by atoms with Crippen LogP contribution in [0.25, 0.3) is 12.2 Å². The van der Waals surface area contributed by atoms with Gasteiger partial charge in [-0.2, -0.15) is 4.31 Å². The lowest BCUT2D eigenvalue weighted by molar-refractivity contribution is -0.127. The second kappa shape index (κ2) is 10.6. The highest BCUT2D eigenvalue weighted by Crippen LogP contribution is 2.32. The van der Waals surface area contributed by atoms with Crippen LogP contribution in [0.2, 0.25) is 0 Å². The highest BCUT2D eigenvalue weighted by atomic mass is 32.2. The van der Waals surface area contributed by atoms with Crippen LogP contribution in [0.4, 0.5) is 4.39 Å². The fourth-order valence-electron chi connectivity index (χ4n) is 5.27. The van der Waals surface area contributed by atoms with E-state index in [1.165, 1.54) is 28.1 Å². The van der Waals surface area contributed by atoms with Gasteiger partial charge in [-0.3, -0.25) is 4.79 Å². The molecule has 37 heavy (non-hydrogen) atoms. The van der Waals surface area contributed by atoms with Crippen LogP contribution in [0.15, 0.2) is 57.9 Å². The molecule has 9 heteroatoms. The minimum Gasteiger partial charge on any atom is -0.355 e. The van der Waals surface area contributed by atoms with Crippen LogP contribution >= 0.6 is 0 Å². The standard InChI is InChI=1S/C28H30FN3O4S/c1-19-27(26(36-31-19)16-15-21-9-3-5-13-24(21)29)37(34,35)32-17-7-11-22(18-32)28(33)30-25-14-6-10-20-8-2-4-12-23(20)25/h2-5,8-9,12-13,15-16,22,25H,6-7,10-11,14,17-18H2,1H3,(H,30,33). The lowest BCUT2D eigenvalue weighted by atomic mass is 9.87. The molecule has 2 aliphatic rings. The summed E-state index contributed by atoms with van der Waals surface area (Å²) in [5.41, 5.74) is 2.93. The fourth-order valence-corrected chi connectivity index (χ4v) is 7.05. The Kier molecular flexibility index (Phi) is 7.26. The smallest absolute Gasteiger partial charge is 0.248 e.